The molecule has 1 aliphatic rings. The number of hydrogen-bond acceptors (Lipinski definition) is 0. The molecule has 0 amide bonds. The van der Waals surface area contributed by atoms with Crippen molar-refractivity contribution in [3.63, 3.8) is 0 Å². The Morgan fingerprint density at radius 1 is 0.500 bits per heavy atom. The van der Waals surface area contributed by atoms with Gasteiger partial charge in [0, 0.05) is 0 Å². The predicted molar refractivity (Wildman–Crippen MR) is 95.0 cm³/mol. The van der Waals surface area contributed by atoms with Crippen LogP contribution in [0.15, 0.2) is 71.8 Å². The fourth-order valence-electron chi connectivity index (χ4n) is 3.50. The molecule has 0 N–H and O–H groups in total. The van der Waals surface area contributed by atoms with Gasteiger partial charge in [-0.15, -0.1) is 0 Å². The van der Waals surface area contributed by atoms with Crippen molar-refractivity contribution in [2.45, 2.75) is 51.4 Å². The first kappa shape index (κ1) is 15.1. The van der Waals surface area contributed by atoms with Crippen LogP contribution in [0.2, 0.25) is 0 Å². The van der Waals surface area contributed by atoms with Gasteiger partial charge in [-0.2, -0.15) is 0 Å². The monoisotopic (exact) mass is 290 g/mol. The van der Waals surface area contributed by atoms with E-state index in [-0.39, 0.29) is 0 Å². The van der Waals surface area contributed by atoms with Crippen LogP contribution in [0.25, 0.3) is 0 Å². The predicted octanol–water partition coefficient (Wildman–Crippen LogP) is 6.12. The topological polar surface area (TPSA) is 0 Å². The third-order valence-corrected chi connectivity index (χ3v) is 4.73. The van der Waals surface area contributed by atoms with Gasteiger partial charge in [0.1, 0.15) is 0 Å². The molecule has 0 heterocycles. The minimum atomic E-state index is 1.14. The summed E-state index contributed by atoms with van der Waals surface area (Å²) in [6.45, 7) is 0. The van der Waals surface area contributed by atoms with Crippen LogP contribution in [0, 0.1) is 0 Å². The van der Waals surface area contributed by atoms with Crippen LogP contribution in [-0.2, 0) is 12.8 Å². The molecule has 2 aromatic carbocycles. The lowest BCUT2D eigenvalue weighted by molar-refractivity contribution is 0.599. The van der Waals surface area contributed by atoms with Crippen molar-refractivity contribution in [1.29, 1.82) is 0 Å². The highest BCUT2D eigenvalue weighted by Gasteiger charge is 2.11. The molecule has 114 valence electrons. The molecule has 0 bridgehead atoms. The average molecular weight is 290 g/mol. The van der Waals surface area contributed by atoms with E-state index in [0.717, 1.165) is 12.8 Å². The maximum Gasteiger partial charge on any atom is -0.00643 e. The maximum absolute atomic E-state index is 2.27. The molecule has 0 saturated heterocycles. The van der Waals surface area contributed by atoms with Crippen LogP contribution >= 0.6 is 0 Å². The highest BCUT2D eigenvalue weighted by Crippen LogP contribution is 2.28. The molecule has 0 spiro atoms. The Morgan fingerprint density at radius 2 is 0.909 bits per heavy atom. The average Bonchev–Trinajstić information content (AvgIpc) is 2.55. The van der Waals surface area contributed by atoms with Crippen LogP contribution in [0.4, 0.5) is 0 Å². The Hall–Kier alpha value is -1.82. The van der Waals surface area contributed by atoms with Crippen molar-refractivity contribution in [2.75, 3.05) is 0 Å². The zero-order valence-corrected chi connectivity index (χ0v) is 13.4. The van der Waals surface area contributed by atoms with E-state index in [1.54, 1.807) is 11.1 Å². The summed E-state index contributed by atoms with van der Waals surface area (Å²) in [5.74, 6) is 0. The van der Waals surface area contributed by atoms with E-state index in [9.17, 15) is 0 Å². The Bertz CT molecular complexity index is 537. The lowest BCUT2D eigenvalue weighted by Gasteiger charge is -2.19. The van der Waals surface area contributed by atoms with Gasteiger partial charge in [0.2, 0.25) is 0 Å². The number of rotatable bonds is 4. The molecule has 0 saturated carbocycles. The highest BCUT2D eigenvalue weighted by atomic mass is 14.2. The van der Waals surface area contributed by atoms with Crippen molar-refractivity contribution >= 4 is 0 Å². The summed E-state index contributed by atoms with van der Waals surface area (Å²) in [6, 6.07) is 22.0. The second-order valence-corrected chi connectivity index (χ2v) is 6.45. The molecule has 2 aromatic rings. The van der Waals surface area contributed by atoms with Crippen molar-refractivity contribution in [2.24, 2.45) is 0 Å². The lowest BCUT2D eigenvalue weighted by atomic mass is 9.87. The molecule has 0 heteroatoms. The SMILES string of the molecule is c1ccc(CC2=C(Cc3ccccc3)CCCCCC2)cc1. The van der Waals surface area contributed by atoms with Gasteiger partial charge >= 0.3 is 0 Å². The summed E-state index contributed by atoms with van der Waals surface area (Å²) in [7, 11) is 0. The molecule has 0 radical (unpaired) electrons. The zero-order chi connectivity index (χ0) is 15.0. The molecular formula is C22H26. The quantitative estimate of drug-likeness (QED) is 0.595. The molecule has 0 fully saturated rings. The van der Waals surface area contributed by atoms with Crippen LogP contribution in [-0.4, -0.2) is 0 Å². The first-order valence-electron chi connectivity index (χ1n) is 8.69. The molecular weight excluding hydrogens is 264 g/mol. The minimum Gasteiger partial charge on any atom is -0.0663 e. The molecule has 22 heavy (non-hydrogen) atoms. The van der Waals surface area contributed by atoms with E-state index in [1.165, 1.54) is 49.7 Å². The van der Waals surface area contributed by atoms with E-state index in [0.29, 0.717) is 0 Å². The molecule has 0 aliphatic heterocycles. The number of benzene rings is 2. The molecule has 3 rings (SSSR count). The largest absolute Gasteiger partial charge is 0.0663 e. The number of hydrogen-bond donors (Lipinski definition) is 0. The molecule has 0 aromatic heterocycles. The highest BCUT2D eigenvalue weighted by molar-refractivity contribution is 5.30. The third-order valence-electron chi connectivity index (χ3n) is 4.73. The van der Waals surface area contributed by atoms with E-state index in [1.807, 2.05) is 0 Å². The zero-order valence-electron chi connectivity index (χ0n) is 13.4. The van der Waals surface area contributed by atoms with Gasteiger partial charge in [-0.3, -0.25) is 0 Å². The van der Waals surface area contributed by atoms with Crippen molar-refractivity contribution in [1.82, 2.24) is 0 Å². The summed E-state index contributed by atoms with van der Waals surface area (Å²) < 4.78 is 0. The van der Waals surface area contributed by atoms with Gasteiger partial charge in [-0.1, -0.05) is 84.7 Å². The standard InChI is InChI=1S/C22H26/c1-2-10-16-22(18-20-13-7-4-8-14-20)21(15-9-1)17-19-11-5-3-6-12-19/h3-8,11-14H,1-2,9-10,15-18H2. The van der Waals surface area contributed by atoms with Gasteiger partial charge in [0.25, 0.3) is 0 Å². The van der Waals surface area contributed by atoms with E-state index < -0.39 is 0 Å². The fourth-order valence-corrected chi connectivity index (χ4v) is 3.50. The lowest BCUT2D eigenvalue weighted by Crippen LogP contribution is -2.03. The van der Waals surface area contributed by atoms with Gasteiger partial charge in [-0.25, -0.2) is 0 Å². The van der Waals surface area contributed by atoms with E-state index in [2.05, 4.69) is 60.7 Å². The van der Waals surface area contributed by atoms with Crippen molar-refractivity contribution < 1.29 is 0 Å². The van der Waals surface area contributed by atoms with Gasteiger partial charge in [0.15, 0.2) is 0 Å². The Kier molecular flexibility index (Phi) is 5.48. The van der Waals surface area contributed by atoms with Crippen LogP contribution in [0.1, 0.15) is 49.7 Å². The Balaban J connectivity index is 1.84. The summed E-state index contributed by atoms with van der Waals surface area (Å²) in [5, 5.41) is 0. The van der Waals surface area contributed by atoms with Crippen molar-refractivity contribution in [3.05, 3.63) is 82.9 Å². The summed E-state index contributed by atoms with van der Waals surface area (Å²) in [6.07, 6.45) is 10.4. The minimum absolute atomic E-state index is 1.14. The first-order chi connectivity index (χ1) is 10.9. The normalized spacial score (nSPS) is 16.2. The van der Waals surface area contributed by atoms with Gasteiger partial charge in [0.05, 0.1) is 0 Å². The third kappa shape index (κ3) is 4.34. The summed E-state index contributed by atoms with van der Waals surface area (Å²) in [4.78, 5) is 0. The second-order valence-electron chi connectivity index (χ2n) is 6.45. The molecule has 0 nitrogen and oxygen atoms in total. The van der Waals surface area contributed by atoms with Gasteiger partial charge < -0.3 is 0 Å². The summed E-state index contributed by atoms with van der Waals surface area (Å²) in [5.41, 5.74) is 6.33. The first-order valence-corrected chi connectivity index (χ1v) is 8.69. The molecule has 0 atom stereocenters. The van der Waals surface area contributed by atoms with Gasteiger partial charge in [-0.05, 0) is 49.7 Å². The van der Waals surface area contributed by atoms with Crippen LogP contribution in [0.5, 0.6) is 0 Å². The van der Waals surface area contributed by atoms with Crippen LogP contribution < -0.4 is 0 Å². The molecule has 1 aliphatic carbocycles. The maximum atomic E-state index is 2.27. The second kappa shape index (κ2) is 7.98. The van der Waals surface area contributed by atoms with E-state index >= 15 is 0 Å². The Labute approximate surface area is 134 Å². The number of allylic oxidation sites excluding steroid dienone is 2. The molecule has 0 unspecified atom stereocenters. The summed E-state index contributed by atoms with van der Waals surface area (Å²) >= 11 is 0. The fraction of sp³-hybridized carbons (Fsp3) is 0.364. The van der Waals surface area contributed by atoms with Crippen LogP contribution in [0.3, 0.4) is 0 Å². The Morgan fingerprint density at radius 3 is 1.32 bits per heavy atom. The van der Waals surface area contributed by atoms with Crippen molar-refractivity contribution in [3.8, 4) is 0 Å². The smallest absolute Gasteiger partial charge is 0.00643 e. The van der Waals surface area contributed by atoms with E-state index in [4.69, 9.17) is 0 Å².